The first-order valence-corrected chi connectivity index (χ1v) is 5.97. The van der Waals surface area contributed by atoms with E-state index in [0.717, 1.165) is 11.2 Å². The van der Waals surface area contributed by atoms with Gasteiger partial charge in [-0.2, -0.15) is 0 Å². The molecule has 0 aromatic carbocycles. The first-order chi connectivity index (χ1) is 5.81. The van der Waals surface area contributed by atoms with E-state index in [1.165, 1.54) is 38.5 Å². The molecule has 1 nitrogen and oxygen atoms in total. The van der Waals surface area contributed by atoms with Crippen molar-refractivity contribution in [3.05, 3.63) is 0 Å². The molecule has 2 heteroatoms. The van der Waals surface area contributed by atoms with Crippen LogP contribution in [0.4, 0.5) is 0 Å². The summed E-state index contributed by atoms with van der Waals surface area (Å²) >= 11 is 3.62. The van der Waals surface area contributed by atoms with Crippen LogP contribution >= 0.6 is 15.9 Å². The second-order valence-electron chi connectivity index (χ2n) is 3.29. The molecule has 0 aliphatic heterocycles. The molecule has 0 aromatic rings. The second-order valence-corrected chi connectivity index (χ2v) is 4.58. The number of halogens is 1. The van der Waals surface area contributed by atoms with E-state index >= 15 is 0 Å². The minimum atomic E-state index is 0.357. The van der Waals surface area contributed by atoms with Gasteiger partial charge in [0.1, 0.15) is 0 Å². The highest BCUT2D eigenvalue weighted by atomic mass is 79.9. The Bertz CT molecular complexity index is 85.9. The molecule has 0 radical (unpaired) electrons. The van der Waals surface area contributed by atoms with Crippen molar-refractivity contribution in [2.24, 2.45) is 0 Å². The monoisotopic (exact) mass is 236 g/mol. The van der Waals surface area contributed by atoms with Gasteiger partial charge in [0, 0.05) is 11.4 Å². The summed E-state index contributed by atoms with van der Waals surface area (Å²) in [5.41, 5.74) is 0. The van der Waals surface area contributed by atoms with E-state index < -0.39 is 0 Å². The van der Waals surface area contributed by atoms with Crippen molar-refractivity contribution in [3.63, 3.8) is 0 Å². The van der Waals surface area contributed by atoms with E-state index in [9.17, 15) is 0 Å². The van der Waals surface area contributed by atoms with E-state index in [1.807, 2.05) is 0 Å². The van der Waals surface area contributed by atoms with Crippen LogP contribution in [0.2, 0.25) is 0 Å². The summed E-state index contributed by atoms with van der Waals surface area (Å²) in [7, 11) is 0. The lowest BCUT2D eigenvalue weighted by Gasteiger charge is -2.05. The number of unbranched alkanes of at least 4 members (excludes halogenated alkanes) is 4. The molecule has 0 rings (SSSR count). The highest BCUT2D eigenvalue weighted by Gasteiger charge is 1.99. The Morgan fingerprint density at radius 1 is 1.08 bits per heavy atom. The van der Waals surface area contributed by atoms with E-state index in [4.69, 9.17) is 5.11 Å². The van der Waals surface area contributed by atoms with Crippen LogP contribution in [-0.4, -0.2) is 16.5 Å². The Morgan fingerprint density at radius 2 is 1.67 bits per heavy atom. The topological polar surface area (TPSA) is 20.2 Å². The van der Waals surface area contributed by atoms with Gasteiger partial charge in [0.05, 0.1) is 0 Å². The van der Waals surface area contributed by atoms with Crippen molar-refractivity contribution in [3.8, 4) is 0 Å². The van der Waals surface area contributed by atoms with Crippen LogP contribution < -0.4 is 0 Å². The highest BCUT2D eigenvalue weighted by molar-refractivity contribution is 9.09. The molecule has 0 saturated heterocycles. The summed E-state index contributed by atoms with van der Waals surface area (Å²) < 4.78 is 0. The molecule has 0 saturated carbocycles. The molecule has 1 atom stereocenters. The van der Waals surface area contributed by atoms with Crippen LogP contribution in [0.5, 0.6) is 0 Å². The molecule has 0 aliphatic carbocycles. The third-order valence-corrected chi connectivity index (χ3v) is 3.22. The van der Waals surface area contributed by atoms with E-state index in [2.05, 4.69) is 22.9 Å². The van der Waals surface area contributed by atoms with Crippen molar-refractivity contribution in [1.29, 1.82) is 0 Å². The number of hydrogen-bond acceptors (Lipinski definition) is 1. The number of aliphatic hydroxyl groups is 1. The number of aliphatic hydroxyl groups excluding tert-OH is 1. The zero-order valence-electron chi connectivity index (χ0n) is 8.06. The van der Waals surface area contributed by atoms with Gasteiger partial charge in [-0.3, -0.25) is 0 Å². The largest absolute Gasteiger partial charge is 0.396 e. The molecule has 0 amide bonds. The summed E-state index contributed by atoms with van der Waals surface area (Å²) in [5, 5.41) is 8.54. The van der Waals surface area contributed by atoms with Crippen LogP contribution in [0.25, 0.3) is 0 Å². The molecule has 0 aliphatic rings. The first kappa shape index (κ1) is 12.4. The number of rotatable bonds is 8. The Hall–Kier alpha value is 0.440. The zero-order chi connectivity index (χ0) is 9.23. The maximum absolute atomic E-state index is 8.54. The minimum absolute atomic E-state index is 0.357. The predicted octanol–water partition coefficient (Wildman–Crippen LogP) is 3.49. The quantitative estimate of drug-likeness (QED) is 0.506. The number of alkyl halides is 1. The summed E-state index contributed by atoms with van der Waals surface area (Å²) in [6.07, 6.45) is 8.63. The van der Waals surface area contributed by atoms with Gasteiger partial charge in [-0.05, 0) is 19.3 Å². The molecule has 0 bridgehead atoms. The fraction of sp³-hybridized carbons (Fsp3) is 1.00. The van der Waals surface area contributed by atoms with Crippen molar-refractivity contribution in [1.82, 2.24) is 0 Å². The van der Waals surface area contributed by atoms with Crippen molar-refractivity contribution < 1.29 is 5.11 Å². The van der Waals surface area contributed by atoms with Gasteiger partial charge < -0.3 is 5.11 Å². The SMILES string of the molecule is CCC(Br)CCCCCCCO. The first-order valence-electron chi connectivity index (χ1n) is 5.06. The van der Waals surface area contributed by atoms with Gasteiger partial charge in [0.2, 0.25) is 0 Å². The maximum atomic E-state index is 8.54. The molecule has 0 spiro atoms. The Balaban J connectivity index is 2.90. The Kier molecular flexibility index (Phi) is 9.88. The Morgan fingerprint density at radius 3 is 2.25 bits per heavy atom. The Labute approximate surface area is 84.7 Å². The van der Waals surface area contributed by atoms with E-state index in [0.29, 0.717) is 6.61 Å². The van der Waals surface area contributed by atoms with E-state index in [-0.39, 0.29) is 0 Å². The van der Waals surface area contributed by atoms with Crippen molar-refractivity contribution >= 4 is 15.9 Å². The number of hydrogen-bond donors (Lipinski definition) is 1. The predicted molar refractivity (Wildman–Crippen MR) is 57.8 cm³/mol. The lowest BCUT2D eigenvalue weighted by molar-refractivity contribution is 0.282. The molecule has 12 heavy (non-hydrogen) atoms. The van der Waals surface area contributed by atoms with Gasteiger partial charge in [-0.25, -0.2) is 0 Å². The molecule has 1 N–H and O–H groups in total. The normalized spacial score (nSPS) is 13.2. The lowest BCUT2D eigenvalue weighted by Crippen LogP contribution is -1.94. The van der Waals surface area contributed by atoms with Crippen molar-refractivity contribution in [2.75, 3.05) is 6.61 Å². The smallest absolute Gasteiger partial charge is 0.0431 e. The third kappa shape index (κ3) is 8.54. The molecule has 1 unspecified atom stereocenters. The average Bonchev–Trinajstić information content (AvgIpc) is 2.10. The molecule has 74 valence electrons. The van der Waals surface area contributed by atoms with Gasteiger partial charge in [-0.15, -0.1) is 0 Å². The van der Waals surface area contributed by atoms with Crippen LogP contribution in [-0.2, 0) is 0 Å². The second kappa shape index (κ2) is 9.53. The highest BCUT2D eigenvalue weighted by Crippen LogP contribution is 2.14. The molecule has 0 fully saturated rings. The third-order valence-electron chi connectivity index (χ3n) is 2.12. The minimum Gasteiger partial charge on any atom is -0.396 e. The van der Waals surface area contributed by atoms with Gasteiger partial charge in [-0.1, -0.05) is 48.5 Å². The van der Waals surface area contributed by atoms with Crippen LogP contribution in [0.3, 0.4) is 0 Å². The lowest BCUT2D eigenvalue weighted by atomic mass is 10.1. The summed E-state index contributed by atoms with van der Waals surface area (Å²) in [6, 6.07) is 0. The molecular weight excluding hydrogens is 216 g/mol. The average molecular weight is 237 g/mol. The van der Waals surface area contributed by atoms with Crippen LogP contribution in [0.15, 0.2) is 0 Å². The fourth-order valence-corrected chi connectivity index (χ4v) is 1.54. The van der Waals surface area contributed by atoms with Crippen LogP contribution in [0, 0.1) is 0 Å². The van der Waals surface area contributed by atoms with Gasteiger partial charge in [0.25, 0.3) is 0 Å². The fourth-order valence-electron chi connectivity index (χ4n) is 1.21. The zero-order valence-corrected chi connectivity index (χ0v) is 9.65. The maximum Gasteiger partial charge on any atom is 0.0431 e. The van der Waals surface area contributed by atoms with Crippen molar-refractivity contribution in [2.45, 2.75) is 56.7 Å². The molecule has 0 heterocycles. The summed E-state index contributed by atoms with van der Waals surface area (Å²) in [4.78, 5) is 0.718. The molecular formula is C10H21BrO. The van der Waals surface area contributed by atoms with E-state index in [1.54, 1.807) is 0 Å². The summed E-state index contributed by atoms with van der Waals surface area (Å²) in [6.45, 7) is 2.57. The molecule has 0 aromatic heterocycles. The standard InChI is InChI=1S/C10H21BrO/c1-2-10(11)8-6-4-3-5-7-9-12/h10,12H,2-9H2,1H3. The van der Waals surface area contributed by atoms with Gasteiger partial charge >= 0.3 is 0 Å². The van der Waals surface area contributed by atoms with Gasteiger partial charge in [0.15, 0.2) is 0 Å². The van der Waals surface area contributed by atoms with Crippen LogP contribution in [0.1, 0.15) is 51.9 Å². The summed E-state index contributed by atoms with van der Waals surface area (Å²) in [5.74, 6) is 0.